The summed E-state index contributed by atoms with van der Waals surface area (Å²) in [6.07, 6.45) is 3.54. The maximum atomic E-state index is 13.4. The van der Waals surface area contributed by atoms with Crippen LogP contribution in [0.5, 0.6) is 17.2 Å². The van der Waals surface area contributed by atoms with E-state index >= 15 is 0 Å². The number of likely N-dealkylation sites (tertiary alicyclic amines) is 1. The number of ether oxygens (including phenoxy) is 2. The third-order valence-electron chi connectivity index (χ3n) is 10.4. The number of nitrogens with zero attached hydrogens (tertiary/aromatic N) is 2. The van der Waals surface area contributed by atoms with Gasteiger partial charge in [-0.2, -0.15) is 0 Å². The number of fused-ring (bicyclic) bond motifs is 1. The van der Waals surface area contributed by atoms with Gasteiger partial charge in [-0.15, -0.1) is 0 Å². The lowest BCUT2D eigenvalue weighted by atomic mass is 9.67. The van der Waals surface area contributed by atoms with E-state index in [0.717, 1.165) is 42.6 Å². The molecule has 2 amide bonds. The Morgan fingerprint density at radius 2 is 1.74 bits per heavy atom. The molecule has 4 N–H and O–H groups in total. The van der Waals surface area contributed by atoms with Gasteiger partial charge in [0.25, 0.3) is 5.91 Å². The van der Waals surface area contributed by atoms with Crippen LogP contribution in [0.25, 0.3) is 0 Å². The predicted octanol–water partition coefficient (Wildman–Crippen LogP) is 5.10. The Balaban J connectivity index is 1.10. The average Bonchev–Trinajstić information content (AvgIpc) is 3.12. The predicted molar refractivity (Wildman–Crippen MR) is 196 cm³/mol. The number of amides is 2. The number of piperidine rings is 1. The molecule has 3 aromatic rings. The molecule has 1 fully saturated rings. The summed E-state index contributed by atoms with van der Waals surface area (Å²) in [7, 11) is 2.15. The third kappa shape index (κ3) is 8.96. The summed E-state index contributed by atoms with van der Waals surface area (Å²) < 4.78 is 11.6. The highest BCUT2D eigenvalue weighted by molar-refractivity contribution is 5.97. The molecule has 1 atom stereocenters. The van der Waals surface area contributed by atoms with Crippen molar-refractivity contribution in [2.45, 2.75) is 64.3 Å². The molecule has 0 bridgehead atoms. The lowest BCUT2D eigenvalue weighted by Crippen LogP contribution is -2.45. The van der Waals surface area contributed by atoms with Gasteiger partial charge in [0, 0.05) is 30.1 Å². The van der Waals surface area contributed by atoms with E-state index in [0.29, 0.717) is 75.2 Å². The van der Waals surface area contributed by atoms with Crippen LogP contribution in [-0.2, 0) is 32.6 Å². The van der Waals surface area contributed by atoms with Crippen molar-refractivity contribution >= 4 is 17.5 Å². The van der Waals surface area contributed by atoms with Crippen molar-refractivity contribution in [1.29, 1.82) is 0 Å². The lowest BCUT2D eigenvalue weighted by molar-refractivity contribution is -0.135. The molecule has 10 nitrogen and oxygen atoms in total. The first-order valence-electron chi connectivity index (χ1n) is 18.0. The quantitative estimate of drug-likeness (QED) is 0.121. The Kier molecular flexibility index (Phi) is 12.8. The largest absolute Gasteiger partial charge is 0.508 e. The molecule has 0 radical (unpaired) electrons. The van der Waals surface area contributed by atoms with Crippen LogP contribution in [0.15, 0.2) is 60.7 Å². The monoisotopic (exact) mass is 686 g/mol. The average molecular weight is 687 g/mol. The minimum absolute atomic E-state index is 0.0141. The van der Waals surface area contributed by atoms with Crippen molar-refractivity contribution in [3.05, 3.63) is 82.9 Å². The SMILES string of the molecule is CC(C)[C@@H](C)N(CCNCCc1ccc(O)c2c1OCC(=O)N2)C(=O)CCOCCc1ccc(O)c(C2(c3ccccc3)CCN(C)CC2)c1. The Hall–Kier alpha value is -4.12. The molecule has 1 saturated heterocycles. The van der Waals surface area contributed by atoms with Crippen LogP contribution in [0.3, 0.4) is 0 Å². The first-order valence-corrected chi connectivity index (χ1v) is 18.0. The van der Waals surface area contributed by atoms with Gasteiger partial charge in [0.05, 0.1) is 19.6 Å². The van der Waals surface area contributed by atoms with E-state index in [9.17, 15) is 19.8 Å². The number of nitrogens with one attached hydrogen (secondary N) is 2. The lowest BCUT2D eigenvalue weighted by Gasteiger charge is -2.42. The van der Waals surface area contributed by atoms with Crippen molar-refractivity contribution in [3.63, 3.8) is 0 Å². The van der Waals surface area contributed by atoms with Crippen LogP contribution < -0.4 is 15.4 Å². The molecular weight excluding hydrogens is 632 g/mol. The van der Waals surface area contributed by atoms with E-state index < -0.39 is 0 Å². The fraction of sp³-hybridized carbons (Fsp3) is 0.500. The summed E-state index contributed by atoms with van der Waals surface area (Å²) in [5.74, 6) is 0.928. The first-order chi connectivity index (χ1) is 24.1. The molecular formula is C40H54N4O6. The molecule has 50 heavy (non-hydrogen) atoms. The minimum atomic E-state index is -0.288. The zero-order chi connectivity index (χ0) is 35.7. The normalized spacial score (nSPS) is 16.4. The van der Waals surface area contributed by atoms with Crippen molar-refractivity contribution in [3.8, 4) is 17.2 Å². The van der Waals surface area contributed by atoms with Crippen LogP contribution >= 0.6 is 0 Å². The number of aromatic hydroxyl groups is 2. The van der Waals surface area contributed by atoms with Gasteiger partial charge in [0.15, 0.2) is 12.4 Å². The van der Waals surface area contributed by atoms with Crippen molar-refractivity contribution in [1.82, 2.24) is 15.1 Å². The van der Waals surface area contributed by atoms with Crippen LogP contribution in [0.4, 0.5) is 5.69 Å². The summed E-state index contributed by atoms with van der Waals surface area (Å²) >= 11 is 0. The Bertz CT molecular complexity index is 1590. The van der Waals surface area contributed by atoms with Gasteiger partial charge in [-0.3, -0.25) is 9.59 Å². The van der Waals surface area contributed by atoms with Gasteiger partial charge in [-0.25, -0.2) is 0 Å². The van der Waals surface area contributed by atoms with E-state index in [2.05, 4.69) is 73.7 Å². The van der Waals surface area contributed by atoms with Gasteiger partial charge in [-0.05, 0) is 94.0 Å². The van der Waals surface area contributed by atoms with Crippen LogP contribution in [-0.4, -0.2) is 97.5 Å². The number of carbonyl (C=O) groups is 2. The van der Waals surface area contributed by atoms with Crippen molar-refractivity contribution in [2.75, 3.05) is 64.9 Å². The summed E-state index contributed by atoms with van der Waals surface area (Å²) in [6.45, 7) is 10.9. The van der Waals surface area contributed by atoms with E-state index in [1.807, 2.05) is 23.1 Å². The minimum Gasteiger partial charge on any atom is -0.508 e. The second-order valence-corrected chi connectivity index (χ2v) is 14.1. The molecule has 0 aliphatic carbocycles. The number of phenolic OH excluding ortho intramolecular Hbond substituents is 2. The summed E-state index contributed by atoms with van der Waals surface area (Å²) in [6, 6.07) is 20.0. The number of carbonyl (C=O) groups excluding carboxylic acids is 2. The number of rotatable bonds is 16. The highest BCUT2D eigenvalue weighted by atomic mass is 16.5. The van der Waals surface area contributed by atoms with Crippen molar-refractivity contribution in [2.24, 2.45) is 5.92 Å². The topological polar surface area (TPSA) is 124 Å². The zero-order valence-electron chi connectivity index (χ0n) is 30.0. The number of hydrogen-bond donors (Lipinski definition) is 4. The van der Waals surface area contributed by atoms with Crippen LogP contribution in [0.1, 0.15) is 62.3 Å². The van der Waals surface area contributed by atoms with Crippen molar-refractivity contribution < 1.29 is 29.3 Å². The number of benzene rings is 3. The number of anilines is 1. The molecule has 0 aromatic heterocycles. The number of phenols is 2. The molecule has 270 valence electrons. The second-order valence-electron chi connectivity index (χ2n) is 14.1. The Labute approximate surface area is 296 Å². The maximum absolute atomic E-state index is 13.4. The highest BCUT2D eigenvalue weighted by Crippen LogP contribution is 2.45. The molecule has 2 aliphatic rings. The van der Waals surface area contributed by atoms with E-state index in [4.69, 9.17) is 9.47 Å². The fourth-order valence-electron chi connectivity index (χ4n) is 7.06. The zero-order valence-corrected chi connectivity index (χ0v) is 30.0. The maximum Gasteiger partial charge on any atom is 0.262 e. The molecule has 2 aliphatic heterocycles. The van der Waals surface area contributed by atoms with Gasteiger partial charge < -0.3 is 40.1 Å². The molecule has 2 heterocycles. The fourth-order valence-corrected chi connectivity index (χ4v) is 7.06. The van der Waals surface area contributed by atoms with Gasteiger partial charge >= 0.3 is 0 Å². The smallest absolute Gasteiger partial charge is 0.262 e. The molecule has 0 saturated carbocycles. The summed E-state index contributed by atoms with van der Waals surface area (Å²) in [5, 5.41) is 27.3. The summed E-state index contributed by atoms with van der Waals surface area (Å²) in [4.78, 5) is 29.4. The molecule has 5 rings (SSSR count). The molecule has 3 aromatic carbocycles. The molecule has 10 heteroatoms. The standard InChI is InChI=1S/C40H54N4O6/c1-28(2)29(3)44(23-20-41-19-14-31-11-13-35(46)38-39(31)50-27-36(47)42-38)37(48)16-25-49-24-15-30-10-12-34(45)33(26-30)40(17-21-43(4)22-18-40)32-8-6-5-7-9-32/h5-13,26,28-29,41,45-46H,14-25,27H2,1-4H3,(H,42,47)/t29-/m1/s1. The Morgan fingerprint density at radius 3 is 2.48 bits per heavy atom. The summed E-state index contributed by atoms with van der Waals surface area (Å²) in [5.41, 5.74) is 4.33. The van der Waals surface area contributed by atoms with E-state index in [1.165, 1.54) is 5.56 Å². The van der Waals surface area contributed by atoms with Gasteiger partial charge in [0.1, 0.15) is 17.2 Å². The van der Waals surface area contributed by atoms with Crippen LogP contribution in [0.2, 0.25) is 0 Å². The van der Waals surface area contributed by atoms with Gasteiger partial charge in [-0.1, -0.05) is 62.4 Å². The molecule has 0 spiro atoms. The van der Waals surface area contributed by atoms with E-state index in [1.54, 1.807) is 12.1 Å². The van der Waals surface area contributed by atoms with E-state index in [-0.39, 0.29) is 35.6 Å². The highest BCUT2D eigenvalue weighted by Gasteiger charge is 2.39. The first kappa shape index (κ1) is 37.1. The third-order valence-corrected chi connectivity index (χ3v) is 10.4. The number of hydrogen-bond acceptors (Lipinski definition) is 8. The van der Waals surface area contributed by atoms with Crippen LogP contribution in [0, 0.1) is 5.92 Å². The van der Waals surface area contributed by atoms with Gasteiger partial charge in [0.2, 0.25) is 5.91 Å². The second kappa shape index (κ2) is 17.2. The molecule has 0 unspecified atom stereocenters. The Morgan fingerprint density at radius 1 is 1.00 bits per heavy atom.